The van der Waals surface area contributed by atoms with E-state index < -0.39 is 5.60 Å². The number of hydrogen-bond donors (Lipinski definition) is 1. The minimum Gasteiger partial charge on any atom is -0.482 e. The minimum absolute atomic E-state index is 0.198. The molecule has 0 saturated carbocycles. The molecule has 2 aliphatic heterocycles. The number of hydrogen-bond acceptors (Lipinski definition) is 6. The van der Waals surface area contributed by atoms with Crippen molar-refractivity contribution >= 4 is 23.2 Å². The maximum absolute atomic E-state index is 13.1. The van der Waals surface area contributed by atoms with E-state index in [1.54, 1.807) is 36.3 Å². The highest BCUT2D eigenvalue weighted by atomic mass is 35.5. The SMILES string of the molecule is CN=C1C(=CN)C2(CCN(C(=O)c3cc(-c4ccc(Cl)cc4)no3)CC2)Oc2ccccc21. The fraction of sp³-hybridized carbons (Fsp3) is 0.240. The first kappa shape index (κ1) is 21.3. The molecule has 3 heterocycles. The third kappa shape index (κ3) is 3.68. The van der Waals surface area contributed by atoms with Crippen molar-refractivity contribution in [2.24, 2.45) is 10.7 Å². The zero-order chi connectivity index (χ0) is 23.0. The van der Waals surface area contributed by atoms with Gasteiger partial charge in [0, 0.05) is 67.0 Å². The maximum Gasteiger partial charge on any atom is 0.292 e. The Morgan fingerprint density at radius 2 is 1.91 bits per heavy atom. The quantitative estimate of drug-likeness (QED) is 0.612. The van der Waals surface area contributed by atoms with Gasteiger partial charge >= 0.3 is 0 Å². The van der Waals surface area contributed by atoms with E-state index in [1.165, 1.54) is 0 Å². The molecule has 1 aromatic heterocycles. The van der Waals surface area contributed by atoms with E-state index in [0.29, 0.717) is 36.6 Å². The highest BCUT2D eigenvalue weighted by molar-refractivity contribution is 6.30. The Hall–Kier alpha value is -3.58. The molecule has 7 nitrogen and oxygen atoms in total. The zero-order valence-electron chi connectivity index (χ0n) is 18.1. The molecule has 1 amide bonds. The van der Waals surface area contributed by atoms with E-state index in [0.717, 1.165) is 28.2 Å². The minimum atomic E-state index is -0.620. The molecule has 2 aliphatic rings. The van der Waals surface area contributed by atoms with Gasteiger partial charge in [0.25, 0.3) is 5.91 Å². The van der Waals surface area contributed by atoms with Crippen LogP contribution in [-0.2, 0) is 0 Å². The van der Waals surface area contributed by atoms with Gasteiger partial charge in [-0.15, -0.1) is 0 Å². The lowest BCUT2D eigenvalue weighted by Crippen LogP contribution is -2.54. The van der Waals surface area contributed by atoms with Crippen molar-refractivity contribution in [2.75, 3.05) is 20.1 Å². The van der Waals surface area contributed by atoms with E-state index >= 15 is 0 Å². The number of carbonyl (C=O) groups is 1. The molecule has 1 fully saturated rings. The van der Waals surface area contributed by atoms with Crippen LogP contribution in [0, 0.1) is 0 Å². The van der Waals surface area contributed by atoms with E-state index in [2.05, 4.69) is 10.1 Å². The van der Waals surface area contributed by atoms with Crippen LogP contribution in [0.5, 0.6) is 5.75 Å². The molecule has 3 aromatic rings. The van der Waals surface area contributed by atoms with Gasteiger partial charge in [0.05, 0.1) is 5.71 Å². The number of aromatic nitrogens is 1. The molecular weight excluding hydrogens is 440 g/mol. The monoisotopic (exact) mass is 462 g/mol. The number of piperidine rings is 1. The van der Waals surface area contributed by atoms with E-state index in [9.17, 15) is 4.79 Å². The summed E-state index contributed by atoms with van der Waals surface area (Å²) in [5.74, 6) is 0.791. The van der Waals surface area contributed by atoms with Crippen LogP contribution in [0.2, 0.25) is 5.02 Å². The number of ether oxygens (including phenoxy) is 1. The number of likely N-dealkylation sites (tertiary alicyclic amines) is 1. The highest BCUT2D eigenvalue weighted by Gasteiger charge is 2.46. The van der Waals surface area contributed by atoms with E-state index in [1.807, 2.05) is 36.4 Å². The Morgan fingerprint density at radius 1 is 1.18 bits per heavy atom. The number of benzene rings is 2. The summed E-state index contributed by atoms with van der Waals surface area (Å²) in [6.07, 6.45) is 2.77. The Balaban J connectivity index is 1.35. The number of halogens is 1. The van der Waals surface area contributed by atoms with Gasteiger partial charge in [0.2, 0.25) is 5.76 Å². The second-order valence-corrected chi connectivity index (χ2v) is 8.56. The van der Waals surface area contributed by atoms with Gasteiger partial charge in [0.1, 0.15) is 17.0 Å². The normalized spacial score (nSPS) is 19.5. The maximum atomic E-state index is 13.1. The van der Waals surface area contributed by atoms with Crippen molar-refractivity contribution in [2.45, 2.75) is 18.4 Å². The lowest BCUT2D eigenvalue weighted by molar-refractivity contribution is 0.0265. The molecule has 0 aliphatic carbocycles. The number of nitrogens with two attached hydrogens (primary N) is 1. The van der Waals surface area contributed by atoms with Crippen LogP contribution in [0.4, 0.5) is 0 Å². The van der Waals surface area contributed by atoms with Gasteiger partial charge < -0.3 is 19.9 Å². The van der Waals surface area contributed by atoms with Crippen molar-refractivity contribution in [1.29, 1.82) is 0 Å². The predicted molar refractivity (Wildman–Crippen MR) is 127 cm³/mol. The number of fused-ring (bicyclic) bond motifs is 1. The summed E-state index contributed by atoms with van der Waals surface area (Å²) in [4.78, 5) is 19.4. The first-order valence-electron chi connectivity index (χ1n) is 10.7. The van der Waals surface area contributed by atoms with Crippen molar-refractivity contribution < 1.29 is 14.1 Å². The van der Waals surface area contributed by atoms with Crippen LogP contribution in [0.3, 0.4) is 0 Å². The topological polar surface area (TPSA) is 94.0 Å². The molecule has 168 valence electrons. The summed E-state index contributed by atoms with van der Waals surface area (Å²) in [7, 11) is 1.76. The Kier molecular flexibility index (Phi) is 5.42. The molecule has 5 rings (SSSR count). The number of aliphatic imine (C=N–C) groups is 1. The van der Waals surface area contributed by atoms with Gasteiger partial charge in [-0.05, 0) is 24.3 Å². The van der Waals surface area contributed by atoms with Crippen molar-refractivity contribution in [1.82, 2.24) is 10.1 Å². The van der Waals surface area contributed by atoms with E-state index in [4.69, 9.17) is 26.6 Å². The number of nitrogens with zero attached hydrogens (tertiary/aromatic N) is 3. The first-order chi connectivity index (χ1) is 16.0. The van der Waals surface area contributed by atoms with Gasteiger partial charge in [-0.3, -0.25) is 9.79 Å². The van der Waals surface area contributed by atoms with Crippen molar-refractivity contribution in [3.63, 3.8) is 0 Å². The van der Waals surface area contributed by atoms with Crippen LogP contribution >= 0.6 is 11.6 Å². The second-order valence-electron chi connectivity index (χ2n) is 8.12. The Labute approximate surface area is 196 Å². The Bertz CT molecular complexity index is 1250. The summed E-state index contributed by atoms with van der Waals surface area (Å²) < 4.78 is 11.9. The largest absolute Gasteiger partial charge is 0.482 e. The summed E-state index contributed by atoms with van der Waals surface area (Å²) in [6, 6.07) is 16.7. The van der Waals surface area contributed by atoms with Crippen molar-refractivity contribution in [3.8, 4) is 17.0 Å². The van der Waals surface area contributed by atoms with Crippen LogP contribution in [0.25, 0.3) is 11.3 Å². The predicted octanol–water partition coefficient (Wildman–Crippen LogP) is 4.32. The third-order valence-corrected chi connectivity index (χ3v) is 6.55. The number of rotatable bonds is 2. The molecule has 1 saturated heterocycles. The molecule has 33 heavy (non-hydrogen) atoms. The van der Waals surface area contributed by atoms with Crippen LogP contribution in [0.1, 0.15) is 29.0 Å². The van der Waals surface area contributed by atoms with Gasteiger partial charge in [-0.2, -0.15) is 0 Å². The first-order valence-corrected chi connectivity index (χ1v) is 11.1. The molecule has 0 bridgehead atoms. The standard InChI is InChI=1S/C25H23ClN4O3/c1-28-23-18-4-2-3-5-21(18)32-25(19(23)15-27)10-12-30(13-11-25)24(31)22-14-20(29-33-22)16-6-8-17(26)9-7-16/h2-9,14-15H,10-13,27H2,1H3. The molecular formula is C25H23ClN4O3. The molecule has 1 spiro atoms. The zero-order valence-corrected chi connectivity index (χ0v) is 18.9. The fourth-order valence-electron chi connectivity index (χ4n) is 4.58. The highest BCUT2D eigenvalue weighted by Crippen LogP contribution is 2.42. The molecule has 8 heteroatoms. The number of para-hydroxylation sites is 1. The fourth-order valence-corrected chi connectivity index (χ4v) is 4.71. The summed E-state index contributed by atoms with van der Waals surface area (Å²) in [5, 5.41) is 4.69. The second kappa shape index (κ2) is 8.41. The average Bonchev–Trinajstić information content (AvgIpc) is 3.34. The average molecular weight is 463 g/mol. The molecule has 2 N–H and O–H groups in total. The molecule has 0 atom stereocenters. The smallest absolute Gasteiger partial charge is 0.292 e. The Morgan fingerprint density at radius 3 is 2.61 bits per heavy atom. The van der Waals surface area contributed by atoms with E-state index in [-0.39, 0.29) is 11.7 Å². The number of amides is 1. The summed E-state index contributed by atoms with van der Waals surface area (Å²) >= 11 is 5.95. The molecule has 2 aromatic carbocycles. The molecule has 0 radical (unpaired) electrons. The summed E-state index contributed by atoms with van der Waals surface area (Å²) in [6.45, 7) is 0.985. The number of carbonyl (C=O) groups excluding carboxylic acids is 1. The van der Waals surface area contributed by atoms with Gasteiger partial charge in [0.15, 0.2) is 0 Å². The van der Waals surface area contributed by atoms with Crippen LogP contribution < -0.4 is 10.5 Å². The molecule has 0 unspecified atom stereocenters. The van der Waals surface area contributed by atoms with Gasteiger partial charge in [-0.25, -0.2) is 0 Å². The van der Waals surface area contributed by atoms with Gasteiger partial charge in [-0.1, -0.05) is 41.0 Å². The summed E-state index contributed by atoms with van der Waals surface area (Å²) in [5.41, 5.74) is 9.48. The van der Waals surface area contributed by atoms with Crippen LogP contribution in [-0.4, -0.2) is 47.4 Å². The lowest BCUT2D eigenvalue weighted by atomic mass is 9.78. The van der Waals surface area contributed by atoms with Crippen LogP contribution in [0.15, 0.2) is 75.9 Å². The lowest BCUT2D eigenvalue weighted by Gasteiger charge is -2.46. The van der Waals surface area contributed by atoms with Crippen molar-refractivity contribution in [3.05, 3.63) is 82.7 Å². The third-order valence-electron chi connectivity index (χ3n) is 6.30.